The Morgan fingerprint density at radius 1 is 1.17 bits per heavy atom. The predicted octanol–water partition coefficient (Wildman–Crippen LogP) is 4.33. The highest BCUT2D eigenvalue weighted by Gasteiger charge is 2.41. The van der Waals surface area contributed by atoms with Gasteiger partial charge in [0.25, 0.3) is 0 Å². The zero-order valence-corrected chi connectivity index (χ0v) is 12.9. The third-order valence-corrected chi connectivity index (χ3v) is 3.68. The Morgan fingerprint density at radius 3 is 2.54 bits per heavy atom. The zero-order chi connectivity index (χ0) is 17.5. The van der Waals surface area contributed by atoms with E-state index in [9.17, 15) is 18.0 Å². The summed E-state index contributed by atoms with van der Waals surface area (Å²) in [6.07, 6.45) is -4.93. The fourth-order valence-electron chi connectivity index (χ4n) is 2.36. The molecule has 0 fully saturated rings. The largest absolute Gasteiger partial charge is 0.471 e. The Labute approximate surface area is 135 Å². The molecule has 24 heavy (non-hydrogen) atoms. The Bertz CT molecular complexity index is 916. The van der Waals surface area contributed by atoms with Gasteiger partial charge in [0.2, 0.25) is 5.89 Å². The number of amides is 1. The first kappa shape index (κ1) is 16.0. The van der Waals surface area contributed by atoms with Crippen LogP contribution in [0, 0.1) is 6.92 Å². The number of hydrogen-bond acceptors (Lipinski definition) is 3. The fraction of sp³-hybridized carbons (Fsp3) is 0.176. The summed E-state index contributed by atoms with van der Waals surface area (Å²) in [4.78, 5) is 16.2. The number of hydrogen-bond donors (Lipinski definition) is 0. The molecule has 0 spiro atoms. The molecule has 3 rings (SSSR count). The maximum atomic E-state index is 12.5. The first-order valence-corrected chi connectivity index (χ1v) is 7.09. The molecule has 0 aliphatic rings. The van der Waals surface area contributed by atoms with Crippen LogP contribution in [0.2, 0.25) is 0 Å². The smallest absolute Gasteiger partial charge is 0.436 e. The summed E-state index contributed by atoms with van der Waals surface area (Å²) in [7, 11) is 1.07. The van der Waals surface area contributed by atoms with E-state index in [0.29, 0.717) is 21.9 Å². The van der Waals surface area contributed by atoms with E-state index in [-0.39, 0.29) is 5.69 Å². The summed E-state index contributed by atoms with van der Waals surface area (Å²) >= 11 is 0. The van der Waals surface area contributed by atoms with Crippen LogP contribution >= 0.6 is 0 Å². The molecule has 1 heterocycles. The second-order valence-electron chi connectivity index (χ2n) is 5.35. The molecule has 0 aliphatic heterocycles. The van der Waals surface area contributed by atoms with Crippen molar-refractivity contribution in [1.82, 2.24) is 4.98 Å². The van der Waals surface area contributed by atoms with Crippen LogP contribution in [0.1, 0.15) is 5.56 Å². The molecule has 2 aromatic carbocycles. The lowest BCUT2D eigenvalue weighted by molar-refractivity contribution is -0.170. The zero-order valence-electron chi connectivity index (χ0n) is 12.9. The van der Waals surface area contributed by atoms with E-state index in [0.717, 1.165) is 18.2 Å². The number of rotatable bonds is 2. The topological polar surface area (TPSA) is 46.3 Å². The summed E-state index contributed by atoms with van der Waals surface area (Å²) < 4.78 is 43.3. The third kappa shape index (κ3) is 2.84. The number of nitrogens with zero attached hydrogens (tertiary/aromatic N) is 2. The van der Waals surface area contributed by atoms with Crippen molar-refractivity contribution >= 4 is 22.7 Å². The molecule has 3 aromatic rings. The standard InChI is InChI=1S/C17H13F3N2O2/c1-10-5-3-4-6-12(10)15-21-13-9-11(7-8-14(13)24-15)22(2)16(23)17(18,19)20/h3-9H,1-2H3. The predicted molar refractivity (Wildman–Crippen MR) is 83.6 cm³/mol. The Kier molecular flexibility index (Phi) is 3.79. The number of anilines is 1. The van der Waals surface area contributed by atoms with Gasteiger partial charge in [0.15, 0.2) is 5.58 Å². The minimum Gasteiger partial charge on any atom is -0.436 e. The monoisotopic (exact) mass is 334 g/mol. The average molecular weight is 334 g/mol. The molecular weight excluding hydrogens is 321 g/mol. The molecule has 124 valence electrons. The normalized spacial score (nSPS) is 11.7. The molecule has 0 unspecified atom stereocenters. The van der Waals surface area contributed by atoms with Crippen LogP contribution in [0.4, 0.5) is 18.9 Å². The Hall–Kier alpha value is -2.83. The van der Waals surface area contributed by atoms with Crippen LogP contribution in [0.3, 0.4) is 0 Å². The molecule has 0 radical (unpaired) electrons. The van der Waals surface area contributed by atoms with E-state index in [2.05, 4.69) is 4.98 Å². The lowest BCUT2D eigenvalue weighted by Gasteiger charge is -2.18. The molecule has 0 saturated carbocycles. The van der Waals surface area contributed by atoms with E-state index < -0.39 is 12.1 Å². The number of fused-ring (bicyclic) bond motifs is 1. The molecule has 4 nitrogen and oxygen atoms in total. The SMILES string of the molecule is Cc1ccccc1-c1nc2cc(N(C)C(=O)C(F)(F)F)ccc2o1. The number of alkyl halides is 3. The number of carbonyl (C=O) groups excluding carboxylic acids is 1. The molecule has 0 atom stereocenters. The van der Waals surface area contributed by atoms with Gasteiger partial charge < -0.3 is 9.32 Å². The van der Waals surface area contributed by atoms with Crippen molar-refractivity contribution < 1.29 is 22.4 Å². The number of oxazole rings is 1. The summed E-state index contributed by atoms with van der Waals surface area (Å²) in [5, 5.41) is 0. The number of carbonyl (C=O) groups is 1. The number of aromatic nitrogens is 1. The Balaban J connectivity index is 2.01. The van der Waals surface area contributed by atoms with Gasteiger partial charge in [0.05, 0.1) is 0 Å². The molecular formula is C17H13F3N2O2. The summed E-state index contributed by atoms with van der Waals surface area (Å²) in [5.41, 5.74) is 2.68. The fourth-order valence-corrected chi connectivity index (χ4v) is 2.36. The lowest BCUT2D eigenvalue weighted by atomic mass is 10.1. The van der Waals surface area contributed by atoms with Gasteiger partial charge in [-0.25, -0.2) is 4.98 Å². The van der Waals surface area contributed by atoms with Gasteiger partial charge in [-0.15, -0.1) is 0 Å². The molecule has 7 heteroatoms. The third-order valence-electron chi connectivity index (χ3n) is 3.68. The number of aryl methyl sites for hydroxylation is 1. The summed E-state index contributed by atoms with van der Waals surface area (Å²) in [6, 6.07) is 11.8. The van der Waals surface area contributed by atoms with Crippen LogP contribution in [0.25, 0.3) is 22.6 Å². The highest BCUT2D eigenvalue weighted by atomic mass is 19.4. The van der Waals surface area contributed by atoms with Gasteiger partial charge in [0, 0.05) is 18.3 Å². The van der Waals surface area contributed by atoms with Crippen molar-refractivity contribution in [2.24, 2.45) is 0 Å². The first-order valence-electron chi connectivity index (χ1n) is 7.09. The van der Waals surface area contributed by atoms with Crippen molar-refractivity contribution in [2.75, 3.05) is 11.9 Å². The summed E-state index contributed by atoms with van der Waals surface area (Å²) in [5.74, 6) is -1.56. The van der Waals surface area contributed by atoms with Crippen molar-refractivity contribution in [3.8, 4) is 11.5 Å². The van der Waals surface area contributed by atoms with Gasteiger partial charge in [-0.2, -0.15) is 13.2 Å². The van der Waals surface area contributed by atoms with Crippen molar-refractivity contribution in [3.63, 3.8) is 0 Å². The van der Waals surface area contributed by atoms with Crippen LogP contribution < -0.4 is 4.90 Å². The molecule has 0 aliphatic carbocycles. The maximum Gasteiger partial charge on any atom is 0.471 e. The van der Waals surface area contributed by atoms with Crippen LogP contribution in [0.5, 0.6) is 0 Å². The molecule has 0 saturated heterocycles. The highest BCUT2D eigenvalue weighted by molar-refractivity contribution is 5.98. The quantitative estimate of drug-likeness (QED) is 0.701. The first-order chi connectivity index (χ1) is 11.3. The van der Waals surface area contributed by atoms with Gasteiger partial charge >= 0.3 is 12.1 Å². The molecule has 0 bridgehead atoms. The van der Waals surface area contributed by atoms with Crippen LogP contribution in [-0.2, 0) is 4.79 Å². The summed E-state index contributed by atoms with van der Waals surface area (Å²) in [6.45, 7) is 1.91. The maximum absolute atomic E-state index is 12.5. The number of benzene rings is 2. The van der Waals surface area contributed by atoms with E-state index >= 15 is 0 Å². The van der Waals surface area contributed by atoms with Crippen LogP contribution in [-0.4, -0.2) is 24.1 Å². The van der Waals surface area contributed by atoms with Gasteiger partial charge in [-0.3, -0.25) is 4.79 Å². The van der Waals surface area contributed by atoms with Gasteiger partial charge in [0.1, 0.15) is 5.52 Å². The second-order valence-corrected chi connectivity index (χ2v) is 5.35. The average Bonchev–Trinajstić information content (AvgIpc) is 2.95. The van der Waals surface area contributed by atoms with Gasteiger partial charge in [-0.1, -0.05) is 18.2 Å². The van der Waals surface area contributed by atoms with E-state index in [1.54, 1.807) is 0 Å². The lowest BCUT2D eigenvalue weighted by Crippen LogP contribution is -2.38. The van der Waals surface area contributed by atoms with Crippen molar-refractivity contribution in [1.29, 1.82) is 0 Å². The minimum absolute atomic E-state index is 0.0921. The molecule has 0 N–H and O–H groups in total. The van der Waals surface area contributed by atoms with Gasteiger partial charge in [-0.05, 0) is 36.8 Å². The highest BCUT2D eigenvalue weighted by Crippen LogP contribution is 2.30. The Morgan fingerprint density at radius 2 is 1.88 bits per heavy atom. The van der Waals surface area contributed by atoms with E-state index in [1.807, 2.05) is 31.2 Å². The minimum atomic E-state index is -4.93. The molecule has 1 aromatic heterocycles. The van der Waals surface area contributed by atoms with Crippen molar-refractivity contribution in [3.05, 3.63) is 48.0 Å². The van der Waals surface area contributed by atoms with E-state index in [1.165, 1.54) is 18.2 Å². The van der Waals surface area contributed by atoms with E-state index in [4.69, 9.17) is 4.42 Å². The van der Waals surface area contributed by atoms with Crippen LogP contribution in [0.15, 0.2) is 46.9 Å². The molecule has 1 amide bonds. The van der Waals surface area contributed by atoms with Crippen molar-refractivity contribution in [2.45, 2.75) is 13.1 Å². The second kappa shape index (κ2) is 5.67. The number of halogens is 3.